The summed E-state index contributed by atoms with van der Waals surface area (Å²) in [7, 11) is 0. The zero-order chi connectivity index (χ0) is 11.0. The van der Waals surface area contributed by atoms with Gasteiger partial charge in [-0.2, -0.15) is 0 Å². The fraction of sp³-hybridized carbons (Fsp3) is 0.222. The van der Waals surface area contributed by atoms with Crippen LogP contribution in [0, 0.1) is 0 Å². The highest BCUT2D eigenvalue weighted by atomic mass is 16.3. The van der Waals surface area contributed by atoms with E-state index in [1.54, 1.807) is 0 Å². The molecule has 6 heteroatoms. The third-order valence-corrected chi connectivity index (χ3v) is 2.21. The van der Waals surface area contributed by atoms with Gasteiger partial charge in [0, 0.05) is 18.2 Å². The first-order chi connectivity index (χ1) is 7.09. The molecule has 0 aromatic heterocycles. The summed E-state index contributed by atoms with van der Waals surface area (Å²) >= 11 is 0. The molecule has 2 aliphatic heterocycles. The van der Waals surface area contributed by atoms with Crippen molar-refractivity contribution in [1.82, 2.24) is 9.80 Å². The molecule has 15 heavy (non-hydrogen) atoms. The van der Waals surface area contributed by atoms with Crippen LogP contribution in [-0.2, 0) is 14.4 Å². The molecule has 0 radical (unpaired) electrons. The van der Waals surface area contributed by atoms with Crippen molar-refractivity contribution in [1.29, 1.82) is 0 Å². The van der Waals surface area contributed by atoms with E-state index < -0.39 is 23.9 Å². The van der Waals surface area contributed by atoms with Crippen molar-refractivity contribution in [2.45, 2.75) is 6.23 Å². The maximum Gasteiger partial charge on any atom is 0.255 e. The van der Waals surface area contributed by atoms with E-state index in [2.05, 4.69) is 0 Å². The number of aliphatic hydroxyl groups is 1. The molecule has 6 nitrogen and oxygen atoms in total. The third-order valence-electron chi connectivity index (χ3n) is 2.21. The average molecular weight is 208 g/mol. The number of nitrogens with zero attached hydrogens (tertiary/aromatic N) is 2. The first kappa shape index (κ1) is 9.60. The van der Waals surface area contributed by atoms with Gasteiger partial charge < -0.3 is 5.11 Å². The minimum absolute atomic E-state index is 0.225. The number of amides is 3. The minimum atomic E-state index is -1.07. The Hall–Kier alpha value is -1.95. The summed E-state index contributed by atoms with van der Waals surface area (Å²) < 4.78 is 0. The van der Waals surface area contributed by atoms with Crippen molar-refractivity contribution < 1.29 is 19.5 Å². The molecule has 0 spiro atoms. The molecule has 2 heterocycles. The Kier molecular flexibility index (Phi) is 2.12. The van der Waals surface area contributed by atoms with Crippen molar-refractivity contribution in [3.8, 4) is 0 Å². The van der Waals surface area contributed by atoms with E-state index in [1.807, 2.05) is 0 Å². The van der Waals surface area contributed by atoms with Crippen LogP contribution in [0.3, 0.4) is 0 Å². The Balaban J connectivity index is 2.07. The number of hydrogen-bond donors (Lipinski definition) is 1. The maximum absolute atomic E-state index is 11.2. The molecular formula is C9H8N2O4. The second kappa shape index (κ2) is 3.32. The normalized spacial score (nSPS) is 24.9. The number of aliphatic hydroxyl groups excluding tert-OH is 1. The highest BCUT2D eigenvalue weighted by Gasteiger charge is 2.31. The molecule has 0 aromatic carbocycles. The molecule has 0 aromatic rings. The SMILES string of the molecule is O=C1C=CC(=O)N1CN1C(=O)C=CC1O. The second-order valence-electron chi connectivity index (χ2n) is 3.16. The van der Waals surface area contributed by atoms with Crippen LogP contribution < -0.4 is 0 Å². The van der Waals surface area contributed by atoms with Gasteiger partial charge >= 0.3 is 0 Å². The number of imide groups is 1. The van der Waals surface area contributed by atoms with Crippen molar-refractivity contribution in [2.75, 3.05) is 6.67 Å². The predicted molar refractivity (Wildman–Crippen MR) is 47.9 cm³/mol. The second-order valence-corrected chi connectivity index (χ2v) is 3.16. The molecule has 1 atom stereocenters. The number of hydrogen-bond acceptors (Lipinski definition) is 4. The molecule has 0 saturated heterocycles. The molecule has 0 bridgehead atoms. The largest absolute Gasteiger partial charge is 0.370 e. The van der Waals surface area contributed by atoms with Gasteiger partial charge in [-0.15, -0.1) is 0 Å². The Morgan fingerprint density at radius 3 is 2.13 bits per heavy atom. The van der Waals surface area contributed by atoms with Crippen LogP contribution in [0.15, 0.2) is 24.3 Å². The fourth-order valence-corrected chi connectivity index (χ4v) is 1.37. The van der Waals surface area contributed by atoms with Crippen molar-refractivity contribution in [3.05, 3.63) is 24.3 Å². The predicted octanol–water partition coefficient (Wildman–Crippen LogP) is -1.41. The molecule has 1 unspecified atom stereocenters. The van der Waals surface area contributed by atoms with Gasteiger partial charge in [0.15, 0.2) is 6.23 Å². The summed E-state index contributed by atoms with van der Waals surface area (Å²) in [5.74, 6) is -1.38. The van der Waals surface area contributed by atoms with Crippen molar-refractivity contribution >= 4 is 17.7 Å². The summed E-state index contributed by atoms with van der Waals surface area (Å²) in [6, 6.07) is 0. The van der Waals surface area contributed by atoms with Gasteiger partial charge in [0.25, 0.3) is 11.8 Å². The zero-order valence-electron chi connectivity index (χ0n) is 7.66. The van der Waals surface area contributed by atoms with E-state index in [4.69, 9.17) is 0 Å². The lowest BCUT2D eigenvalue weighted by molar-refractivity contribution is -0.145. The number of carbonyl (C=O) groups excluding carboxylic acids is 3. The van der Waals surface area contributed by atoms with E-state index in [9.17, 15) is 19.5 Å². The van der Waals surface area contributed by atoms with E-state index in [0.29, 0.717) is 0 Å². The lowest BCUT2D eigenvalue weighted by Gasteiger charge is -2.25. The van der Waals surface area contributed by atoms with Crippen molar-refractivity contribution in [2.24, 2.45) is 0 Å². The van der Waals surface area contributed by atoms with E-state index in [1.165, 1.54) is 12.2 Å². The Morgan fingerprint density at radius 1 is 1.07 bits per heavy atom. The van der Waals surface area contributed by atoms with Crippen LogP contribution in [0.25, 0.3) is 0 Å². The molecule has 78 valence electrons. The molecular weight excluding hydrogens is 200 g/mol. The van der Waals surface area contributed by atoms with Crippen LogP contribution in [-0.4, -0.2) is 45.5 Å². The zero-order valence-corrected chi connectivity index (χ0v) is 7.66. The van der Waals surface area contributed by atoms with E-state index in [0.717, 1.165) is 22.0 Å². The van der Waals surface area contributed by atoms with Gasteiger partial charge in [0.2, 0.25) is 5.91 Å². The highest BCUT2D eigenvalue weighted by molar-refractivity contribution is 6.13. The van der Waals surface area contributed by atoms with E-state index >= 15 is 0 Å². The minimum Gasteiger partial charge on any atom is -0.370 e. The van der Waals surface area contributed by atoms with E-state index in [-0.39, 0.29) is 6.67 Å². The Morgan fingerprint density at radius 2 is 1.67 bits per heavy atom. The summed E-state index contributed by atoms with van der Waals surface area (Å²) in [4.78, 5) is 35.4. The molecule has 2 aliphatic rings. The van der Waals surface area contributed by atoms with Crippen LogP contribution >= 0.6 is 0 Å². The first-order valence-corrected chi connectivity index (χ1v) is 4.30. The molecule has 2 rings (SSSR count). The van der Waals surface area contributed by atoms with Gasteiger partial charge in [-0.05, 0) is 6.08 Å². The summed E-state index contributed by atoms with van der Waals surface area (Å²) in [5, 5.41) is 9.34. The molecule has 0 aliphatic carbocycles. The standard InChI is InChI=1S/C9H8N2O4/c12-6-1-2-7(13)10(6)5-11-8(14)3-4-9(11)15/h1-4,6,12H,5H2. The number of rotatable bonds is 2. The van der Waals surface area contributed by atoms with Crippen LogP contribution in [0.2, 0.25) is 0 Å². The molecule has 3 amide bonds. The molecule has 0 saturated carbocycles. The van der Waals surface area contributed by atoms with Gasteiger partial charge in [0.1, 0.15) is 6.67 Å². The van der Waals surface area contributed by atoms with Gasteiger partial charge in [-0.1, -0.05) is 0 Å². The average Bonchev–Trinajstić information content (AvgIpc) is 2.67. The summed E-state index contributed by atoms with van der Waals surface area (Å²) in [6.07, 6.45) is 3.67. The smallest absolute Gasteiger partial charge is 0.255 e. The lowest BCUT2D eigenvalue weighted by Crippen LogP contribution is -2.45. The highest BCUT2D eigenvalue weighted by Crippen LogP contribution is 2.12. The maximum atomic E-state index is 11.2. The molecule has 0 fully saturated rings. The van der Waals surface area contributed by atoms with Crippen LogP contribution in [0.4, 0.5) is 0 Å². The lowest BCUT2D eigenvalue weighted by atomic mass is 10.5. The van der Waals surface area contributed by atoms with Crippen LogP contribution in [0.5, 0.6) is 0 Å². The van der Waals surface area contributed by atoms with Crippen LogP contribution in [0.1, 0.15) is 0 Å². The quantitative estimate of drug-likeness (QED) is 0.565. The first-order valence-electron chi connectivity index (χ1n) is 4.30. The monoisotopic (exact) mass is 208 g/mol. The third kappa shape index (κ3) is 1.55. The summed E-state index contributed by atoms with van der Waals surface area (Å²) in [5.41, 5.74) is 0. The fourth-order valence-electron chi connectivity index (χ4n) is 1.37. The Bertz CT molecular complexity index is 381. The topological polar surface area (TPSA) is 77.9 Å². The number of carbonyl (C=O) groups is 3. The Labute approximate surface area is 85.1 Å². The molecule has 1 N–H and O–H groups in total. The van der Waals surface area contributed by atoms with Gasteiger partial charge in [0.05, 0.1) is 0 Å². The van der Waals surface area contributed by atoms with Gasteiger partial charge in [-0.25, -0.2) is 0 Å². The van der Waals surface area contributed by atoms with Gasteiger partial charge in [-0.3, -0.25) is 24.2 Å². The van der Waals surface area contributed by atoms with Crippen molar-refractivity contribution in [3.63, 3.8) is 0 Å². The summed E-state index contributed by atoms with van der Waals surface area (Å²) in [6.45, 7) is -0.225.